The number of nitrogens with zero attached hydrogens (tertiary/aromatic N) is 1. The van der Waals surface area contributed by atoms with E-state index < -0.39 is 5.97 Å². The van der Waals surface area contributed by atoms with Crippen molar-refractivity contribution in [2.45, 2.75) is 117 Å². The second-order valence-electron chi connectivity index (χ2n) is 7.83. The molecule has 0 saturated heterocycles. The lowest BCUT2D eigenvalue weighted by Gasteiger charge is -2.23. The predicted molar refractivity (Wildman–Crippen MR) is 124 cm³/mol. The van der Waals surface area contributed by atoms with Crippen LogP contribution in [-0.4, -0.2) is 42.1 Å². The third-order valence-corrected chi connectivity index (χ3v) is 4.81. The molecule has 1 amide bonds. The van der Waals surface area contributed by atoms with Crippen LogP contribution in [0.1, 0.15) is 111 Å². The quantitative estimate of drug-likeness (QED) is 0.171. The van der Waals surface area contributed by atoms with Gasteiger partial charge >= 0.3 is 5.97 Å². The number of nitrogens with one attached hydrogen (secondary N) is 1. The molecule has 0 aliphatic carbocycles. The molecular weight excluding hydrogens is 364 g/mol. The second-order valence-corrected chi connectivity index (χ2v) is 7.83. The van der Waals surface area contributed by atoms with Gasteiger partial charge in [0.1, 0.15) is 0 Å². The van der Waals surface area contributed by atoms with Gasteiger partial charge < -0.3 is 10.4 Å². The van der Waals surface area contributed by atoms with Crippen LogP contribution in [0.4, 0.5) is 0 Å². The number of carbonyl (C=O) groups excluding carboxylic acids is 1. The van der Waals surface area contributed by atoms with E-state index in [1.54, 1.807) is 6.92 Å². The van der Waals surface area contributed by atoms with Crippen LogP contribution in [0, 0.1) is 0 Å². The summed E-state index contributed by atoms with van der Waals surface area (Å²) in [5, 5.41) is 10.8. The molecule has 0 saturated carbocycles. The minimum absolute atomic E-state index is 0.172. The minimum atomic E-state index is -0.745. The highest BCUT2D eigenvalue weighted by Gasteiger charge is 2.11. The number of amides is 1. The van der Waals surface area contributed by atoms with E-state index >= 15 is 0 Å². The Hall–Kier alpha value is -1.36. The fourth-order valence-corrected chi connectivity index (χ4v) is 2.86. The van der Waals surface area contributed by atoms with E-state index in [0.717, 1.165) is 12.8 Å². The molecule has 172 valence electrons. The summed E-state index contributed by atoms with van der Waals surface area (Å²) in [5.74, 6) is -0.549. The molecule has 0 heterocycles. The number of allylic oxidation sites excluding steroid dienone is 2. The summed E-state index contributed by atoms with van der Waals surface area (Å²) in [5.41, 5.74) is 0. The summed E-state index contributed by atoms with van der Waals surface area (Å²) in [4.78, 5) is 23.3. The van der Waals surface area contributed by atoms with Crippen molar-refractivity contribution in [3.05, 3.63) is 12.2 Å². The van der Waals surface area contributed by atoms with Gasteiger partial charge in [0, 0.05) is 12.8 Å². The first-order chi connectivity index (χ1) is 13.9. The zero-order valence-corrected chi connectivity index (χ0v) is 19.8. The van der Waals surface area contributed by atoms with E-state index in [9.17, 15) is 9.59 Å². The molecule has 0 aliphatic heterocycles. The van der Waals surface area contributed by atoms with Gasteiger partial charge in [0.25, 0.3) is 0 Å². The fraction of sp³-hybridized carbons (Fsp3) is 0.833. The van der Waals surface area contributed by atoms with Gasteiger partial charge in [0.2, 0.25) is 5.91 Å². The maximum atomic E-state index is 11.9. The maximum absolute atomic E-state index is 11.9. The summed E-state index contributed by atoms with van der Waals surface area (Å²) >= 11 is 0. The number of carboxylic acids is 1. The van der Waals surface area contributed by atoms with Gasteiger partial charge in [-0.05, 0) is 52.6 Å². The van der Waals surface area contributed by atoms with Crippen molar-refractivity contribution in [2.75, 3.05) is 14.1 Å². The minimum Gasteiger partial charge on any atom is -0.481 e. The molecule has 0 spiro atoms. The largest absolute Gasteiger partial charge is 0.481 e. The van der Waals surface area contributed by atoms with Crippen LogP contribution in [0.25, 0.3) is 0 Å². The standard InChI is InChI=1S/C21H42N2O.C3H6O2/c1-5-7-8-9-10-11-12-13-14-15-16-17-18-19-21(24)22-20(6-2)23(3)4;1-2-3(4)5/h11-12,20H,5-10,13-19H2,1-4H3,(H,22,24);2H2,1H3,(H,4,5). The molecule has 0 rings (SSSR count). The third kappa shape index (κ3) is 24.6. The van der Waals surface area contributed by atoms with E-state index in [-0.39, 0.29) is 18.5 Å². The molecule has 0 aromatic carbocycles. The Kier molecular flexibility index (Phi) is 23.6. The highest BCUT2D eigenvalue weighted by Crippen LogP contribution is 2.09. The van der Waals surface area contributed by atoms with Crippen LogP contribution in [0.3, 0.4) is 0 Å². The Morgan fingerprint density at radius 1 is 0.862 bits per heavy atom. The Balaban J connectivity index is 0. The summed E-state index contributed by atoms with van der Waals surface area (Å²) in [7, 11) is 4.02. The van der Waals surface area contributed by atoms with Gasteiger partial charge in [-0.25, -0.2) is 0 Å². The van der Waals surface area contributed by atoms with Crippen molar-refractivity contribution >= 4 is 11.9 Å². The molecule has 0 aliphatic rings. The monoisotopic (exact) mass is 412 g/mol. The maximum Gasteiger partial charge on any atom is 0.303 e. The molecule has 0 aromatic rings. The lowest BCUT2D eigenvalue weighted by Crippen LogP contribution is -2.44. The van der Waals surface area contributed by atoms with E-state index in [1.807, 2.05) is 14.1 Å². The highest BCUT2D eigenvalue weighted by molar-refractivity contribution is 5.76. The van der Waals surface area contributed by atoms with Crippen LogP contribution < -0.4 is 5.32 Å². The van der Waals surface area contributed by atoms with Crippen LogP contribution in [0.15, 0.2) is 12.2 Å². The molecule has 29 heavy (non-hydrogen) atoms. The Morgan fingerprint density at radius 2 is 1.34 bits per heavy atom. The first-order valence-corrected chi connectivity index (χ1v) is 11.7. The van der Waals surface area contributed by atoms with Crippen molar-refractivity contribution in [3.8, 4) is 0 Å². The third-order valence-electron chi connectivity index (χ3n) is 4.81. The van der Waals surface area contributed by atoms with E-state index in [0.29, 0.717) is 6.42 Å². The van der Waals surface area contributed by atoms with Crippen molar-refractivity contribution in [1.82, 2.24) is 10.2 Å². The first kappa shape index (κ1) is 29.8. The van der Waals surface area contributed by atoms with Gasteiger partial charge in [0.05, 0.1) is 6.17 Å². The van der Waals surface area contributed by atoms with Crippen molar-refractivity contribution in [3.63, 3.8) is 0 Å². The van der Waals surface area contributed by atoms with Crippen LogP contribution in [0.2, 0.25) is 0 Å². The van der Waals surface area contributed by atoms with Crippen molar-refractivity contribution < 1.29 is 14.7 Å². The van der Waals surface area contributed by atoms with Crippen LogP contribution >= 0.6 is 0 Å². The van der Waals surface area contributed by atoms with Gasteiger partial charge in [-0.15, -0.1) is 0 Å². The highest BCUT2D eigenvalue weighted by atomic mass is 16.4. The normalized spacial score (nSPS) is 11.9. The molecule has 1 unspecified atom stereocenters. The molecule has 0 fully saturated rings. The Bertz CT molecular complexity index is 409. The average molecular weight is 413 g/mol. The average Bonchev–Trinajstić information content (AvgIpc) is 2.69. The molecular formula is C24H48N2O3. The molecule has 0 bridgehead atoms. The molecule has 5 nitrogen and oxygen atoms in total. The second kappa shape index (κ2) is 22.9. The van der Waals surface area contributed by atoms with Gasteiger partial charge in [-0.2, -0.15) is 0 Å². The number of carbonyl (C=O) groups is 2. The molecule has 1 atom stereocenters. The number of rotatable bonds is 17. The van der Waals surface area contributed by atoms with Crippen LogP contribution in [-0.2, 0) is 9.59 Å². The van der Waals surface area contributed by atoms with Gasteiger partial charge in [-0.3, -0.25) is 14.5 Å². The number of aliphatic carboxylic acids is 1. The smallest absolute Gasteiger partial charge is 0.303 e. The zero-order chi connectivity index (χ0) is 22.3. The molecule has 5 heteroatoms. The summed E-state index contributed by atoms with van der Waals surface area (Å²) in [6, 6.07) is 0. The summed E-state index contributed by atoms with van der Waals surface area (Å²) in [6.45, 7) is 5.96. The van der Waals surface area contributed by atoms with E-state index in [2.05, 4.69) is 36.2 Å². The lowest BCUT2D eigenvalue weighted by molar-refractivity contribution is -0.136. The Labute approximate surface area is 180 Å². The predicted octanol–water partition coefficient (Wildman–Crippen LogP) is 6.14. The number of hydrogen-bond acceptors (Lipinski definition) is 3. The molecule has 0 radical (unpaired) electrons. The SMILES string of the molecule is CCC(=O)O.CCCCCCC=CCCCCCCCC(=O)NC(CC)N(C)C. The Morgan fingerprint density at radius 3 is 1.79 bits per heavy atom. The summed E-state index contributed by atoms with van der Waals surface area (Å²) in [6.07, 6.45) is 20.6. The van der Waals surface area contributed by atoms with E-state index in [4.69, 9.17) is 5.11 Å². The number of hydrogen-bond donors (Lipinski definition) is 2. The van der Waals surface area contributed by atoms with Crippen molar-refractivity contribution in [2.24, 2.45) is 0 Å². The number of unbranched alkanes of at least 4 members (excludes halogenated alkanes) is 9. The fourth-order valence-electron chi connectivity index (χ4n) is 2.86. The van der Waals surface area contributed by atoms with Crippen molar-refractivity contribution in [1.29, 1.82) is 0 Å². The molecule has 0 aromatic heterocycles. The van der Waals surface area contributed by atoms with Gasteiger partial charge in [0.15, 0.2) is 0 Å². The molecule has 2 N–H and O–H groups in total. The first-order valence-electron chi connectivity index (χ1n) is 11.7. The lowest BCUT2D eigenvalue weighted by atomic mass is 10.1. The van der Waals surface area contributed by atoms with Gasteiger partial charge in [-0.1, -0.05) is 71.4 Å². The summed E-state index contributed by atoms with van der Waals surface area (Å²) < 4.78 is 0. The van der Waals surface area contributed by atoms with E-state index in [1.165, 1.54) is 64.2 Å². The number of carboxylic acid groups (broad SMARTS) is 1. The topological polar surface area (TPSA) is 69.6 Å². The zero-order valence-electron chi connectivity index (χ0n) is 19.8. The van der Waals surface area contributed by atoms with Crippen LogP contribution in [0.5, 0.6) is 0 Å².